The molecule has 2 heteroatoms. The van der Waals surface area contributed by atoms with Gasteiger partial charge in [-0.3, -0.25) is 0 Å². The van der Waals surface area contributed by atoms with Crippen LogP contribution >= 0.6 is 11.6 Å². The van der Waals surface area contributed by atoms with E-state index in [2.05, 4.69) is 6.92 Å². The van der Waals surface area contributed by atoms with Gasteiger partial charge in [-0.15, -0.1) is 11.6 Å². The van der Waals surface area contributed by atoms with Gasteiger partial charge in [-0.2, -0.15) is 0 Å². The zero-order valence-electron chi connectivity index (χ0n) is 4.71. The average Bonchev–Trinajstić information content (AvgIpc) is 1.61. The Balaban J connectivity index is 0. The van der Waals surface area contributed by atoms with Gasteiger partial charge in [0.1, 0.15) is 0 Å². The van der Waals surface area contributed by atoms with Crippen molar-refractivity contribution in [3.8, 4) is 0 Å². The van der Waals surface area contributed by atoms with E-state index in [1.165, 1.54) is 19.3 Å². The summed E-state index contributed by atoms with van der Waals surface area (Å²) in [5, 5.41) is 0. The molecule has 0 aromatic rings. The molecule has 0 amide bonds. The van der Waals surface area contributed by atoms with Crippen LogP contribution in [0.5, 0.6) is 0 Å². The number of halogens is 1. The summed E-state index contributed by atoms with van der Waals surface area (Å²) in [6.07, 6.45) is 3.73. The Morgan fingerprint density at radius 2 is 1.86 bits per heavy atom. The summed E-state index contributed by atoms with van der Waals surface area (Å²) in [7, 11) is 0. The molecule has 0 aromatic heterocycles. The molecular weight excluding hydrogens is 143 g/mol. The summed E-state index contributed by atoms with van der Waals surface area (Å²) >= 11 is 5.38. The van der Waals surface area contributed by atoms with E-state index in [4.69, 9.17) is 11.6 Å². The van der Waals surface area contributed by atoms with Crippen LogP contribution in [-0.2, 0) is 21.7 Å². The maximum atomic E-state index is 5.38. The molecular formula is C5H11ClTi. The molecule has 0 rings (SSSR count). The third-order valence-electron chi connectivity index (χ3n) is 0.737. The van der Waals surface area contributed by atoms with Crippen molar-refractivity contribution in [2.75, 3.05) is 5.88 Å². The molecule has 0 heterocycles. The van der Waals surface area contributed by atoms with Crippen molar-refractivity contribution in [2.24, 2.45) is 0 Å². The first kappa shape index (κ1) is 10.9. The second-order valence-corrected chi connectivity index (χ2v) is 1.77. The van der Waals surface area contributed by atoms with E-state index < -0.39 is 0 Å². The molecule has 0 unspecified atom stereocenters. The van der Waals surface area contributed by atoms with Crippen LogP contribution < -0.4 is 0 Å². The van der Waals surface area contributed by atoms with Gasteiger partial charge in [0.05, 0.1) is 0 Å². The normalized spacial score (nSPS) is 7.71. The first-order chi connectivity index (χ1) is 2.91. The van der Waals surface area contributed by atoms with E-state index in [1.54, 1.807) is 0 Å². The molecule has 0 aliphatic rings. The van der Waals surface area contributed by atoms with E-state index in [1.807, 2.05) is 0 Å². The predicted octanol–water partition coefficient (Wildman–Crippen LogP) is 2.41. The number of alkyl halides is 1. The number of hydrogen-bond donors (Lipinski definition) is 0. The Hall–Kier alpha value is 1.00. The summed E-state index contributed by atoms with van der Waals surface area (Å²) in [4.78, 5) is 0. The van der Waals surface area contributed by atoms with Crippen LogP contribution in [-0.4, -0.2) is 5.88 Å². The Kier molecular flexibility index (Phi) is 15.7. The fourth-order valence-corrected chi connectivity index (χ4v) is 0.533. The Labute approximate surface area is 65.5 Å². The van der Waals surface area contributed by atoms with Crippen molar-refractivity contribution in [3.05, 3.63) is 0 Å². The maximum absolute atomic E-state index is 5.38. The fourth-order valence-electron chi connectivity index (χ4n) is 0.344. The maximum Gasteiger partial charge on any atom is 0.0223 e. The molecule has 0 spiro atoms. The molecule has 0 aliphatic heterocycles. The van der Waals surface area contributed by atoms with Gasteiger partial charge in [0.2, 0.25) is 0 Å². The van der Waals surface area contributed by atoms with Crippen LogP contribution in [0, 0.1) is 0 Å². The van der Waals surface area contributed by atoms with Crippen molar-refractivity contribution in [2.45, 2.75) is 26.2 Å². The predicted molar refractivity (Wildman–Crippen MR) is 30.2 cm³/mol. The molecule has 7 heavy (non-hydrogen) atoms. The fraction of sp³-hybridized carbons (Fsp3) is 1.00. The summed E-state index contributed by atoms with van der Waals surface area (Å²) in [5.41, 5.74) is 0. The summed E-state index contributed by atoms with van der Waals surface area (Å²) in [6.45, 7) is 2.17. The minimum absolute atomic E-state index is 0. The monoisotopic (exact) mass is 154 g/mol. The van der Waals surface area contributed by atoms with Crippen LogP contribution in [0.15, 0.2) is 0 Å². The van der Waals surface area contributed by atoms with E-state index in [0.29, 0.717) is 0 Å². The smallest absolute Gasteiger partial charge is 0.0223 e. The van der Waals surface area contributed by atoms with Gasteiger partial charge >= 0.3 is 0 Å². The molecule has 0 saturated heterocycles. The van der Waals surface area contributed by atoms with Crippen molar-refractivity contribution in [3.63, 3.8) is 0 Å². The minimum Gasteiger partial charge on any atom is -0.127 e. The van der Waals surface area contributed by atoms with E-state index in [-0.39, 0.29) is 21.7 Å². The van der Waals surface area contributed by atoms with Crippen LogP contribution in [0.1, 0.15) is 26.2 Å². The van der Waals surface area contributed by atoms with Gasteiger partial charge in [-0.05, 0) is 6.42 Å². The third-order valence-corrected chi connectivity index (χ3v) is 1.00. The van der Waals surface area contributed by atoms with Gasteiger partial charge in [0.25, 0.3) is 0 Å². The van der Waals surface area contributed by atoms with Crippen LogP contribution in [0.25, 0.3) is 0 Å². The molecule has 0 bridgehead atoms. The molecule has 0 nitrogen and oxygen atoms in total. The van der Waals surface area contributed by atoms with E-state index in [9.17, 15) is 0 Å². The quantitative estimate of drug-likeness (QED) is 0.333. The first-order valence-corrected chi connectivity index (χ1v) is 3.01. The number of hydrogen-bond acceptors (Lipinski definition) is 0. The van der Waals surface area contributed by atoms with Crippen molar-refractivity contribution >= 4 is 11.6 Å². The summed E-state index contributed by atoms with van der Waals surface area (Å²) in [6, 6.07) is 0. The summed E-state index contributed by atoms with van der Waals surface area (Å²) in [5.74, 6) is 0.827. The second-order valence-electron chi connectivity index (χ2n) is 1.40. The van der Waals surface area contributed by atoms with Gasteiger partial charge in [-0.25, -0.2) is 0 Å². The molecule has 0 saturated carbocycles. The Morgan fingerprint density at radius 3 is 2.00 bits per heavy atom. The molecule has 42 valence electrons. The topological polar surface area (TPSA) is 0 Å². The van der Waals surface area contributed by atoms with Crippen molar-refractivity contribution in [1.82, 2.24) is 0 Å². The van der Waals surface area contributed by atoms with Crippen molar-refractivity contribution in [1.29, 1.82) is 0 Å². The standard InChI is InChI=1S/C5H11Cl.Ti/c1-2-3-4-5-6;/h2-5H2,1H3;. The van der Waals surface area contributed by atoms with Crippen LogP contribution in [0.3, 0.4) is 0 Å². The molecule has 0 aromatic carbocycles. The van der Waals surface area contributed by atoms with Crippen LogP contribution in [0.4, 0.5) is 0 Å². The molecule has 0 radical (unpaired) electrons. The molecule has 0 fully saturated rings. The molecule has 0 atom stereocenters. The number of unbranched alkanes of at least 4 members (excludes halogenated alkanes) is 2. The first-order valence-electron chi connectivity index (χ1n) is 2.47. The summed E-state index contributed by atoms with van der Waals surface area (Å²) < 4.78 is 0. The van der Waals surface area contributed by atoms with Crippen molar-refractivity contribution < 1.29 is 21.7 Å². The minimum atomic E-state index is 0. The van der Waals surface area contributed by atoms with E-state index >= 15 is 0 Å². The second kappa shape index (κ2) is 10.1. The van der Waals surface area contributed by atoms with Crippen LogP contribution in [0.2, 0.25) is 0 Å². The van der Waals surface area contributed by atoms with Gasteiger partial charge in [-0.1, -0.05) is 19.8 Å². The zero-order chi connectivity index (χ0) is 4.83. The Bertz CT molecular complexity index is 20.0. The third kappa shape index (κ3) is 10.9. The SMILES string of the molecule is CCCCCCl.[Ti]. The van der Waals surface area contributed by atoms with Gasteiger partial charge in [0, 0.05) is 27.6 Å². The molecule has 0 N–H and O–H groups in total. The average molecular weight is 154 g/mol. The van der Waals surface area contributed by atoms with Gasteiger partial charge < -0.3 is 0 Å². The number of rotatable bonds is 3. The molecule has 0 aliphatic carbocycles. The zero-order valence-corrected chi connectivity index (χ0v) is 7.02. The Morgan fingerprint density at radius 1 is 1.29 bits per heavy atom. The van der Waals surface area contributed by atoms with E-state index in [0.717, 1.165) is 5.88 Å². The van der Waals surface area contributed by atoms with Gasteiger partial charge in [0.15, 0.2) is 0 Å². The largest absolute Gasteiger partial charge is 0.127 e.